The SMILES string of the molecule is C=C/C=C/C(C)=C\C=[NH+]C. The molecule has 0 aromatic carbocycles. The summed E-state index contributed by atoms with van der Waals surface area (Å²) in [5.41, 5.74) is 1.20. The minimum atomic E-state index is 1.20. The molecule has 1 N–H and O–H groups in total. The summed E-state index contributed by atoms with van der Waals surface area (Å²) in [5, 5.41) is 0. The third-order valence-electron chi connectivity index (χ3n) is 1.01. The van der Waals surface area contributed by atoms with Crippen LogP contribution in [0.5, 0.6) is 0 Å². The molecule has 1 heteroatoms. The van der Waals surface area contributed by atoms with Crippen molar-refractivity contribution in [3.63, 3.8) is 0 Å². The summed E-state index contributed by atoms with van der Waals surface area (Å²) < 4.78 is 0. The van der Waals surface area contributed by atoms with Crippen LogP contribution >= 0.6 is 0 Å². The average molecular weight is 136 g/mol. The molecule has 0 spiro atoms. The smallest absolute Gasteiger partial charge is 0.161 e. The Morgan fingerprint density at radius 2 is 2.20 bits per heavy atom. The fourth-order valence-electron chi connectivity index (χ4n) is 0.490. The molecule has 0 fully saturated rings. The van der Waals surface area contributed by atoms with Crippen LogP contribution in [0.1, 0.15) is 6.92 Å². The van der Waals surface area contributed by atoms with Crippen LogP contribution in [-0.2, 0) is 0 Å². The van der Waals surface area contributed by atoms with Gasteiger partial charge in [0.15, 0.2) is 6.21 Å². The molecular weight excluding hydrogens is 122 g/mol. The van der Waals surface area contributed by atoms with Crippen LogP contribution in [0.4, 0.5) is 0 Å². The first-order valence-electron chi connectivity index (χ1n) is 3.27. The fraction of sp³-hybridized carbons (Fsp3) is 0.222. The van der Waals surface area contributed by atoms with Crippen LogP contribution < -0.4 is 4.99 Å². The van der Waals surface area contributed by atoms with E-state index >= 15 is 0 Å². The van der Waals surface area contributed by atoms with Gasteiger partial charge in [-0.1, -0.05) is 24.8 Å². The maximum atomic E-state index is 3.57. The summed E-state index contributed by atoms with van der Waals surface area (Å²) in [4.78, 5) is 2.91. The Kier molecular flexibility index (Phi) is 5.35. The van der Waals surface area contributed by atoms with Gasteiger partial charge in [0.1, 0.15) is 7.05 Å². The van der Waals surface area contributed by atoms with Gasteiger partial charge in [0, 0.05) is 6.08 Å². The molecule has 0 aromatic rings. The van der Waals surface area contributed by atoms with Gasteiger partial charge in [0.05, 0.1) is 0 Å². The summed E-state index contributed by atoms with van der Waals surface area (Å²) >= 11 is 0. The number of allylic oxidation sites excluding steroid dienone is 5. The number of nitrogens with one attached hydrogen (secondary N) is 1. The van der Waals surface area contributed by atoms with E-state index < -0.39 is 0 Å². The highest BCUT2D eigenvalue weighted by Crippen LogP contribution is 1.91. The van der Waals surface area contributed by atoms with Crippen molar-refractivity contribution in [2.24, 2.45) is 0 Å². The van der Waals surface area contributed by atoms with Gasteiger partial charge < -0.3 is 0 Å². The van der Waals surface area contributed by atoms with Crippen LogP contribution in [0.25, 0.3) is 0 Å². The van der Waals surface area contributed by atoms with Crippen molar-refractivity contribution in [1.82, 2.24) is 0 Å². The topological polar surface area (TPSA) is 14.0 Å². The molecule has 54 valence electrons. The molecule has 0 unspecified atom stereocenters. The molecule has 0 saturated carbocycles. The molecule has 0 aliphatic rings. The molecule has 0 heterocycles. The lowest BCUT2D eigenvalue weighted by atomic mass is 10.2. The molecule has 0 rings (SSSR count). The Morgan fingerprint density at radius 3 is 2.70 bits per heavy atom. The van der Waals surface area contributed by atoms with Crippen molar-refractivity contribution in [2.75, 3.05) is 7.05 Å². The Balaban J connectivity index is 3.93. The molecule has 0 bridgehead atoms. The van der Waals surface area contributed by atoms with E-state index in [0.717, 1.165) is 0 Å². The van der Waals surface area contributed by atoms with E-state index in [9.17, 15) is 0 Å². The number of hydrogen-bond donors (Lipinski definition) is 1. The van der Waals surface area contributed by atoms with Crippen molar-refractivity contribution in [1.29, 1.82) is 0 Å². The maximum Gasteiger partial charge on any atom is 0.161 e. The van der Waals surface area contributed by atoms with Gasteiger partial charge in [-0.05, 0) is 12.5 Å². The zero-order valence-corrected chi connectivity index (χ0v) is 6.59. The normalized spacial score (nSPS) is 13.2. The molecule has 0 aliphatic carbocycles. The van der Waals surface area contributed by atoms with Gasteiger partial charge in [-0.25, -0.2) is 0 Å². The van der Waals surface area contributed by atoms with E-state index in [2.05, 4.69) is 11.6 Å². The van der Waals surface area contributed by atoms with Crippen LogP contribution in [0.2, 0.25) is 0 Å². The van der Waals surface area contributed by atoms with Gasteiger partial charge >= 0.3 is 0 Å². The van der Waals surface area contributed by atoms with E-state index in [-0.39, 0.29) is 0 Å². The van der Waals surface area contributed by atoms with Crippen LogP contribution in [0, 0.1) is 0 Å². The predicted molar refractivity (Wildman–Crippen MR) is 46.0 cm³/mol. The van der Waals surface area contributed by atoms with Gasteiger partial charge in [0.2, 0.25) is 0 Å². The van der Waals surface area contributed by atoms with Crippen molar-refractivity contribution >= 4 is 6.21 Å². The standard InChI is InChI=1S/C9H13N/c1-4-5-6-9(2)7-8-10-3/h4-8H,1H2,2-3H3/p+1/b6-5+,9-7-,10-8?. The molecule has 10 heavy (non-hydrogen) atoms. The Labute approximate surface area is 62.5 Å². The Bertz CT molecular complexity index is 173. The highest BCUT2D eigenvalue weighted by Gasteiger charge is 1.76. The molecular formula is C9H14N+. The minimum Gasteiger partial charge on any atom is -0.251 e. The van der Waals surface area contributed by atoms with E-state index in [1.54, 1.807) is 6.08 Å². The van der Waals surface area contributed by atoms with E-state index in [1.165, 1.54) is 5.57 Å². The summed E-state index contributed by atoms with van der Waals surface area (Å²) in [5.74, 6) is 0. The lowest BCUT2D eigenvalue weighted by molar-refractivity contribution is -0.413. The van der Waals surface area contributed by atoms with E-state index in [1.807, 2.05) is 38.4 Å². The third-order valence-corrected chi connectivity index (χ3v) is 1.01. The maximum absolute atomic E-state index is 3.57. The van der Waals surface area contributed by atoms with Crippen molar-refractivity contribution in [3.05, 3.63) is 36.5 Å². The molecule has 0 amide bonds. The van der Waals surface area contributed by atoms with Crippen molar-refractivity contribution in [3.8, 4) is 0 Å². The summed E-state index contributed by atoms with van der Waals surface area (Å²) in [6.07, 6.45) is 9.57. The first-order chi connectivity index (χ1) is 4.81. The lowest BCUT2D eigenvalue weighted by Gasteiger charge is -1.82. The van der Waals surface area contributed by atoms with Gasteiger partial charge in [0.25, 0.3) is 0 Å². The minimum absolute atomic E-state index is 1.20. The second-order valence-electron chi connectivity index (χ2n) is 1.96. The summed E-state index contributed by atoms with van der Waals surface area (Å²) in [7, 11) is 1.88. The van der Waals surface area contributed by atoms with Crippen molar-refractivity contribution < 1.29 is 4.99 Å². The predicted octanol–water partition coefficient (Wildman–Crippen LogP) is 0.456. The highest BCUT2D eigenvalue weighted by atomic mass is 14.6. The zero-order chi connectivity index (χ0) is 7.82. The zero-order valence-electron chi connectivity index (χ0n) is 6.59. The second kappa shape index (κ2) is 6.02. The lowest BCUT2D eigenvalue weighted by Crippen LogP contribution is -2.62. The Morgan fingerprint density at radius 1 is 1.50 bits per heavy atom. The number of hydrogen-bond acceptors (Lipinski definition) is 0. The van der Waals surface area contributed by atoms with E-state index in [0.29, 0.717) is 0 Å². The van der Waals surface area contributed by atoms with Crippen LogP contribution in [0.3, 0.4) is 0 Å². The molecule has 0 radical (unpaired) electrons. The van der Waals surface area contributed by atoms with Crippen LogP contribution in [0.15, 0.2) is 36.5 Å². The molecule has 0 aliphatic heterocycles. The van der Waals surface area contributed by atoms with Gasteiger partial charge in [-0.3, -0.25) is 4.99 Å². The Hall–Kier alpha value is -1.11. The van der Waals surface area contributed by atoms with Crippen LogP contribution in [-0.4, -0.2) is 13.3 Å². The first-order valence-corrected chi connectivity index (χ1v) is 3.27. The average Bonchev–Trinajstić information content (AvgIpc) is 1.97. The quantitative estimate of drug-likeness (QED) is 0.428. The van der Waals surface area contributed by atoms with E-state index in [4.69, 9.17) is 0 Å². The van der Waals surface area contributed by atoms with Gasteiger partial charge in [-0.15, -0.1) is 0 Å². The summed E-state index contributed by atoms with van der Waals surface area (Å²) in [6, 6.07) is 0. The highest BCUT2D eigenvalue weighted by molar-refractivity contribution is 5.67. The molecule has 0 atom stereocenters. The number of rotatable bonds is 3. The second-order valence-corrected chi connectivity index (χ2v) is 1.96. The monoisotopic (exact) mass is 136 g/mol. The van der Waals surface area contributed by atoms with Gasteiger partial charge in [-0.2, -0.15) is 0 Å². The van der Waals surface area contributed by atoms with Crippen molar-refractivity contribution in [2.45, 2.75) is 6.92 Å². The first kappa shape index (κ1) is 8.89. The molecule has 0 aromatic heterocycles. The third kappa shape index (κ3) is 5.04. The molecule has 1 nitrogen and oxygen atoms in total. The summed E-state index contributed by atoms with van der Waals surface area (Å²) in [6.45, 7) is 5.61. The largest absolute Gasteiger partial charge is 0.251 e. The molecule has 0 saturated heterocycles. The fourth-order valence-corrected chi connectivity index (χ4v) is 0.490.